The third-order valence-electron chi connectivity index (χ3n) is 2.26. The number of benzene rings is 1. The van der Waals surface area contributed by atoms with Gasteiger partial charge in [0.25, 0.3) is 0 Å². The number of likely N-dealkylation sites (N-methyl/N-ethyl adjacent to an activating group) is 1. The lowest BCUT2D eigenvalue weighted by molar-refractivity contribution is 0.263. The molecule has 2 N–H and O–H groups in total. The van der Waals surface area contributed by atoms with Gasteiger partial charge in [0.2, 0.25) is 0 Å². The number of hydrogen-bond donors (Lipinski definition) is 2. The van der Waals surface area contributed by atoms with Gasteiger partial charge in [-0.05, 0) is 24.7 Å². The summed E-state index contributed by atoms with van der Waals surface area (Å²) in [5.41, 5.74) is 1.13. The van der Waals surface area contributed by atoms with Crippen molar-refractivity contribution in [1.82, 2.24) is 5.32 Å². The molecule has 0 fully saturated rings. The van der Waals surface area contributed by atoms with Gasteiger partial charge in [0.15, 0.2) is 0 Å². The van der Waals surface area contributed by atoms with Crippen molar-refractivity contribution < 1.29 is 9.84 Å². The summed E-state index contributed by atoms with van der Waals surface area (Å²) in [6.07, 6.45) is 0. The molecule has 0 saturated heterocycles. The summed E-state index contributed by atoms with van der Waals surface area (Å²) in [5, 5.41) is 12.2. The maximum atomic E-state index is 9.17. The van der Waals surface area contributed by atoms with Crippen molar-refractivity contribution in [3.8, 4) is 5.75 Å². The minimum absolute atomic E-state index is 0.158. The van der Waals surface area contributed by atoms with Crippen LogP contribution < -0.4 is 10.1 Å². The van der Waals surface area contributed by atoms with E-state index in [0.717, 1.165) is 17.9 Å². The van der Waals surface area contributed by atoms with E-state index >= 15 is 0 Å². The summed E-state index contributed by atoms with van der Waals surface area (Å²) in [6, 6.07) is 7.79. The summed E-state index contributed by atoms with van der Waals surface area (Å²) in [7, 11) is 3.53. The number of aliphatic hydroxyl groups is 1. The lowest BCUT2D eigenvalue weighted by atomic mass is 10.00. The minimum Gasteiger partial charge on any atom is -0.497 e. The Labute approximate surface area is 84.7 Å². The quantitative estimate of drug-likeness (QED) is 0.736. The molecule has 0 bridgehead atoms. The Morgan fingerprint density at radius 3 is 2.43 bits per heavy atom. The number of ether oxygens (including phenoxy) is 1. The van der Waals surface area contributed by atoms with Crippen molar-refractivity contribution in [2.45, 2.75) is 5.92 Å². The van der Waals surface area contributed by atoms with E-state index in [9.17, 15) is 0 Å². The molecule has 14 heavy (non-hydrogen) atoms. The molecule has 1 aromatic carbocycles. The van der Waals surface area contributed by atoms with Gasteiger partial charge in [-0.2, -0.15) is 0 Å². The van der Waals surface area contributed by atoms with Gasteiger partial charge in [-0.25, -0.2) is 0 Å². The van der Waals surface area contributed by atoms with Crippen LogP contribution in [0.2, 0.25) is 0 Å². The first kappa shape index (κ1) is 11.0. The first-order chi connectivity index (χ1) is 6.81. The third kappa shape index (κ3) is 2.72. The Kier molecular flexibility index (Phi) is 4.43. The Balaban J connectivity index is 2.73. The molecule has 1 aromatic rings. The molecule has 0 heterocycles. The number of methoxy groups -OCH3 is 1. The van der Waals surface area contributed by atoms with Crippen LogP contribution in [-0.2, 0) is 0 Å². The van der Waals surface area contributed by atoms with Crippen LogP contribution in [0.15, 0.2) is 24.3 Å². The maximum Gasteiger partial charge on any atom is 0.118 e. The second-order valence-electron chi connectivity index (χ2n) is 3.21. The van der Waals surface area contributed by atoms with Gasteiger partial charge in [-0.3, -0.25) is 0 Å². The van der Waals surface area contributed by atoms with Crippen LogP contribution in [0.4, 0.5) is 0 Å². The zero-order valence-corrected chi connectivity index (χ0v) is 8.66. The van der Waals surface area contributed by atoms with Crippen LogP contribution in [0.25, 0.3) is 0 Å². The highest BCUT2D eigenvalue weighted by atomic mass is 16.5. The Hall–Kier alpha value is -1.06. The molecule has 0 amide bonds. The molecular weight excluding hydrogens is 178 g/mol. The molecule has 0 radical (unpaired) electrons. The smallest absolute Gasteiger partial charge is 0.118 e. The summed E-state index contributed by atoms with van der Waals surface area (Å²) >= 11 is 0. The Bertz CT molecular complexity index is 258. The fraction of sp³-hybridized carbons (Fsp3) is 0.455. The molecule has 3 heteroatoms. The molecule has 0 aliphatic carbocycles. The molecule has 1 unspecified atom stereocenters. The van der Waals surface area contributed by atoms with E-state index in [1.165, 1.54) is 0 Å². The minimum atomic E-state index is 0.158. The van der Waals surface area contributed by atoms with Crippen molar-refractivity contribution in [1.29, 1.82) is 0 Å². The average Bonchev–Trinajstić information content (AvgIpc) is 2.26. The second kappa shape index (κ2) is 5.62. The predicted octanol–water partition coefficient (Wildman–Crippen LogP) is 0.991. The van der Waals surface area contributed by atoms with Crippen LogP contribution in [0.3, 0.4) is 0 Å². The van der Waals surface area contributed by atoms with Crippen LogP contribution >= 0.6 is 0 Å². The zero-order chi connectivity index (χ0) is 10.4. The maximum absolute atomic E-state index is 9.17. The zero-order valence-electron chi connectivity index (χ0n) is 8.66. The van der Waals surface area contributed by atoms with Gasteiger partial charge in [0.1, 0.15) is 5.75 Å². The number of aliphatic hydroxyl groups excluding tert-OH is 1. The molecule has 0 spiro atoms. The van der Waals surface area contributed by atoms with Gasteiger partial charge in [0.05, 0.1) is 13.7 Å². The van der Waals surface area contributed by atoms with Crippen LogP contribution in [0, 0.1) is 0 Å². The highest BCUT2D eigenvalue weighted by Gasteiger charge is 2.08. The fourth-order valence-electron chi connectivity index (χ4n) is 1.41. The normalized spacial score (nSPS) is 12.5. The van der Waals surface area contributed by atoms with Gasteiger partial charge < -0.3 is 15.2 Å². The summed E-state index contributed by atoms with van der Waals surface area (Å²) in [5.74, 6) is 1.00. The Morgan fingerprint density at radius 2 is 2.00 bits per heavy atom. The van der Waals surface area contributed by atoms with Crippen molar-refractivity contribution in [3.63, 3.8) is 0 Å². The van der Waals surface area contributed by atoms with Gasteiger partial charge in [-0.15, -0.1) is 0 Å². The Morgan fingerprint density at radius 1 is 1.36 bits per heavy atom. The van der Waals surface area contributed by atoms with Crippen molar-refractivity contribution in [3.05, 3.63) is 29.8 Å². The van der Waals surface area contributed by atoms with E-state index in [0.29, 0.717) is 0 Å². The largest absolute Gasteiger partial charge is 0.497 e. The van der Waals surface area contributed by atoms with E-state index in [4.69, 9.17) is 9.84 Å². The van der Waals surface area contributed by atoms with E-state index < -0.39 is 0 Å². The number of nitrogens with one attached hydrogen (secondary N) is 1. The summed E-state index contributed by atoms with van der Waals surface area (Å²) < 4.78 is 5.06. The number of rotatable bonds is 5. The first-order valence-electron chi connectivity index (χ1n) is 4.71. The lowest BCUT2D eigenvalue weighted by Gasteiger charge is -2.14. The van der Waals surface area contributed by atoms with Gasteiger partial charge >= 0.3 is 0 Å². The highest BCUT2D eigenvalue weighted by molar-refractivity contribution is 5.29. The van der Waals surface area contributed by atoms with E-state index in [1.807, 2.05) is 31.3 Å². The predicted molar refractivity (Wildman–Crippen MR) is 56.7 cm³/mol. The molecular formula is C11H17NO2. The van der Waals surface area contributed by atoms with Crippen LogP contribution in [0.1, 0.15) is 11.5 Å². The number of hydrogen-bond acceptors (Lipinski definition) is 3. The van der Waals surface area contributed by atoms with Crippen molar-refractivity contribution >= 4 is 0 Å². The molecule has 1 atom stereocenters. The topological polar surface area (TPSA) is 41.5 Å². The van der Waals surface area contributed by atoms with Crippen LogP contribution in [-0.4, -0.2) is 32.4 Å². The van der Waals surface area contributed by atoms with Crippen molar-refractivity contribution in [2.75, 3.05) is 27.3 Å². The molecule has 3 nitrogen and oxygen atoms in total. The monoisotopic (exact) mass is 195 g/mol. The molecule has 0 saturated carbocycles. The van der Waals surface area contributed by atoms with E-state index in [-0.39, 0.29) is 12.5 Å². The van der Waals surface area contributed by atoms with E-state index in [1.54, 1.807) is 7.11 Å². The standard InChI is InChI=1S/C11H17NO2/c1-12-7-10(8-13)9-3-5-11(14-2)6-4-9/h3-6,10,12-13H,7-8H2,1-2H3. The highest BCUT2D eigenvalue weighted by Crippen LogP contribution is 2.18. The lowest BCUT2D eigenvalue weighted by Crippen LogP contribution is -2.19. The van der Waals surface area contributed by atoms with Crippen molar-refractivity contribution in [2.24, 2.45) is 0 Å². The average molecular weight is 195 g/mol. The third-order valence-corrected chi connectivity index (χ3v) is 2.26. The second-order valence-corrected chi connectivity index (χ2v) is 3.21. The van der Waals surface area contributed by atoms with Crippen LogP contribution in [0.5, 0.6) is 5.75 Å². The summed E-state index contributed by atoms with van der Waals surface area (Å²) in [6.45, 7) is 0.940. The fourth-order valence-corrected chi connectivity index (χ4v) is 1.41. The SMILES string of the molecule is CNCC(CO)c1ccc(OC)cc1. The molecule has 0 aliphatic heterocycles. The van der Waals surface area contributed by atoms with Gasteiger partial charge in [-0.1, -0.05) is 12.1 Å². The van der Waals surface area contributed by atoms with E-state index in [2.05, 4.69) is 5.32 Å². The molecule has 0 aromatic heterocycles. The summed E-state index contributed by atoms with van der Waals surface area (Å²) in [4.78, 5) is 0. The molecule has 0 aliphatic rings. The van der Waals surface area contributed by atoms with Gasteiger partial charge in [0, 0.05) is 12.5 Å². The first-order valence-corrected chi connectivity index (χ1v) is 4.71. The molecule has 78 valence electrons. The molecule has 1 rings (SSSR count).